The van der Waals surface area contributed by atoms with Crippen molar-refractivity contribution in [1.82, 2.24) is 0 Å². The Balaban J connectivity index is 2.18. The van der Waals surface area contributed by atoms with Crippen molar-refractivity contribution in [3.05, 3.63) is 59.4 Å². The van der Waals surface area contributed by atoms with Gasteiger partial charge in [0.25, 0.3) is 0 Å². The van der Waals surface area contributed by atoms with E-state index in [-0.39, 0.29) is 5.82 Å². The number of hydrogen-bond acceptors (Lipinski definition) is 0. The Labute approximate surface area is 121 Å². The van der Waals surface area contributed by atoms with Gasteiger partial charge in [0.2, 0.25) is 0 Å². The van der Waals surface area contributed by atoms with E-state index in [0.717, 1.165) is 30.4 Å². The maximum Gasteiger partial charge on any atom is 0.131 e. The van der Waals surface area contributed by atoms with E-state index in [0.29, 0.717) is 5.56 Å². The molecule has 20 heavy (non-hydrogen) atoms. The number of rotatable bonds is 6. The van der Waals surface area contributed by atoms with Gasteiger partial charge < -0.3 is 0 Å². The number of unbranched alkanes of at least 4 members (excludes halogenated alkanes) is 1. The van der Waals surface area contributed by atoms with Crippen LogP contribution in [-0.2, 0) is 12.8 Å². The lowest BCUT2D eigenvalue weighted by Crippen LogP contribution is -1.90. The number of halogens is 1. The Morgan fingerprint density at radius 1 is 0.800 bits per heavy atom. The van der Waals surface area contributed by atoms with Crippen LogP contribution >= 0.6 is 0 Å². The quantitative estimate of drug-likeness (QED) is 0.623. The van der Waals surface area contributed by atoms with Gasteiger partial charge in [0, 0.05) is 5.56 Å². The van der Waals surface area contributed by atoms with Crippen LogP contribution in [0.5, 0.6) is 0 Å². The molecule has 0 radical (unpaired) electrons. The Bertz CT molecular complexity index is 540. The van der Waals surface area contributed by atoms with E-state index < -0.39 is 0 Å². The lowest BCUT2D eigenvalue weighted by atomic mass is 9.99. The van der Waals surface area contributed by atoms with Gasteiger partial charge >= 0.3 is 0 Å². The van der Waals surface area contributed by atoms with Crippen molar-refractivity contribution in [3.8, 4) is 11.1 Å². The lowest BCUT2D eigenvalue weighted by Gasteiger charge is -2.07. The standard InChI is InChI=1S/C19H23F/c1-3-5-7-15-8-11-17(12-9-15)18-13-10-16(6-4-2)14-19(18)20/h8-14H,3-7H2,1-2H3. The van der Waals surface area contributed by atoms with Gasteiger partial charge in [0.1, 0.15) is 5.82 Å². The Morgan fingerprint density at radius 2 is 1.50 bits per heavy atom. The fourth-order valence-electron chi connectivity index (χ4n) is 2.47. The third-order valence-electron chi connectivity index (χ3n) is 3.66. The zero-order valence-electron chi connectivity index (χ0n) is 12.5. The van der Waals surface area contributed by atoms with Crippen LogP contribution in [0.4, 0.5) is 4.39 Å². The first-order valence-electron chi connectivity index (χ1n) is 7.62. The predicted molar refractivity (Wildman–Crippen MR) is 84.4 cm³/mol. The summed E-state index contributed by atoms with van der Waals surface area (Å²) in [6.07, 6.45) is 5.50. The van der Waals surface area contributed by atoms with Gasteiger partial charge in [0.15, 0.2) is 0 Å². The highest BCUT2D eigenvalue weighted by Crippen LogP contribution is 2.24. The largest absolute Gasteiger partial charge is 0.206 e. The molecular weight excluding hydrogens is 247 g/mol. The Kier molecular flexibility index (Phi) is 5.34. The molecule has 0 nitrogen and oxygen atoms in total. The molecule has 1 heteroatoms. The smallest absolute Gasteiger partial charge is 0.131 e. The number of aryl methyl sites for hydroxylation is 2. The van der Waals surface area contributed by atoms with E-state index >= 15 is 0 Å². The summed E-state index contributed by atoms with van der Waals surface area (Å²) < 4.78 is 14.2. The second-order valence-corrected chi connectivity index (χ2v) is 5.36. The van der Waals surface area contributed by atoms with E-state index in [2.05, 4.69) is 26.0 Å². The summed E-state index contributed by atoms with van der Waals surface area (Å²) in [6.45, 7) is 4.31. The minimum atomic E-state index is -0.114. The first kappa shape index (κ1) is 14.8. The van der Waals surface area contributed by atoms with Crippen LogP contribution in [-0.4, -0.2) is 0 Å². The van der Waals surface area contributed by atoms with Crippen molar-refractivity contribution < 1.29 is 4.39 Å². The average molecular weight is 270 g/mol. The minimum Gasteiger partial charge on any atom is -0.206 e. The summed E-state index contributed by atoms with van der Waals surface area (Å²) in [5, 5.41) is 0. The van der Waals surface area contributed by atoms with Crippen LogP contribution < -0.4 is 0 Å². The second kappa shape index (κ2) is 7.23. The molecule has 0 bridgehead atoms. The SMILES string of the molecule is CCCCc1ccc(-c2ccc(CCC)cc2F)cc1. The molecule has 0 amide bonds. The van der Waals surface area contributed by atoms with Crippen LogP contribution in [0.1, 0.15) is 44.2 Å². The molecule has 2 aromatic carbocycles. The van der Waals surface area contributed by atoms with Gasteiger partial charge in [-0.15, -0.1) is 0 Å². The van der Waals surface area contributed by atoms with Crippen LogP contribution in [0.25, 0.3) is 11.1 Å². The van der Waals surface area contributed by atoms with Crippen molar-refractivity contribution in [2.75, 3.05) is 0 Å². The molecule has 0 aromatic heterocycles. The minimum absolute atomic E-state index is 0.114. The highest BCUT2D eigenvalue weighted by molar-refractivity contribution is 5.64. The zero-order valence-corrected chi connectivity index (χ0v) is 12.5. The van der Waals surface area contributed by atoms with Gasteiger partial charge in [-0.25, -0.2) is 4.39 Å². The van der Waals surface area contributed by atoms with Gasteiger partial charge in [-0.1, -0.05) is 63.1 Å². The predicted octanol–water partition coefficient (Wildman–Crippen LogP) is 5.79. The van der Waals surface area contributed by atoms with Crippen LogP contribution in [0, 0.1) is 5.82 Å². The van der Waals surface area contributed by atoms with Gasteiger partial charge in [0.05, 0.1) is 0 Å². The highest BCUT2D eigenvalue weighted by atomic mass is 19.1. The molecule has 106 valence electrons. The topological polar surface area (TPSA) is 0 Å². The van der Waals surface area contributed by atoms with Crippen molar-refractivity contribution in [1.29, 1.82) is 0 Å². The van der Waals surface area contributed by atoms with Crippen molar-refractivity contribution >= 4 is 0 Å². The summed E-state index contributed by atoms with van der Waals surface area (Å²) >= 11 is 0. The summed E-state index contributed by atoms with van der Waals surface area (Å²) in [7, 11) is 0. The van der Waals surface area contributed by atoms with E-state index in [4.69, 9.17) is 0 Å². The molecule has 0 saturated heterocycles. The Hall–Kier alpha value is -1.63. The molecule has 0 spiro atoms. The molecule has 0 atom stereocenters. The van der Waals surface area contributed by atoms with E-state index in [1.807, 2.05) is 24.3 Å². The Morgan fingerprint density at radius 3 is 2.10 bits per heavy atom. The number of benzene rings is 2. The lowest BCUT2D eigenvalue weighted by molar-refractivity contribution is 0.628. The summed E-state index contributed by atoms with van der Waals surface area (Å²) in [5.41, 5.74) is 4.07. The molecule has 0 N–H and O–H groups in total. The highest BCUT2D eigenvalue weighted by Gasteiger charge is 2.06. The zero-order chi connectivity index (χ0) is 14.4. The van der Waals surface area contributed by atoms with Gasteiger partial charge in [-0.2, -0.15) is 0 Å². The third-order valence-corrected chi connectivity index (χ3v) is 3.66. The maximum atomic E-state index is 14.2. The van der Waals surface area contributed by atoms with Gasteiger partial charge in [-0.3, -0.25) is 0 Å². The molecule has 0 aliphatic heterocycles. The summed E-state index contributed by atoms with van der Waals surface area (Å²) in [5.74, 6) is -0.114. The summed E-state index contributed by atoms with van der Waals surface area (Å²) in [6, 6.07) is 13.9. The molecule has 2 rings (SSSR count). The van der Waals surface area contributed by atoms with Crippen molar-refractivity contribution in [3.63, 3.8) is 0 Å². The fourth-order valence-corrected chi connectivity index (χ4v) is 2.47. The molecule has 0 aliphatic rings. The summed E-state index contributed by atoms with van der Waals surface area (Å²) in [4.78, 5) is 0. The molecule has 0 fully saturated rings. The third kappa shape index (κ3) is 3.69. The van der Waals surface area contributed by atoms with E-state index in [9.17, 15) is 4.39 Å². The number of hydrogen-bond donors (Lipinski definition) is 0. The normalized spacial score (nSPS) is 10.8. The molecule has 0 saturated carbocycles. The van der Waals surface area contributed by atoms with Crippen LogP contribution in [0.15, 0.2) is 42.5 Å². The van der Waals surface area contributed by atoms with Crippen LogP contribution in [0.3, 0.4) is 0 Å². The fraction of sp³-hybridized carbons (Fsp3) is 0.368. The molecule has 0 aliphatic carbocycles. The maximum absolute atomic E-state index is 14.2. The first-order valence-corrected chi connectivity index (χ1v) is 7.62. The molecule has 0 heterocycles. The van der Waals surface area contributed by atoms with Crippen molar-refractivity contribution in [2.24, 2.45) is 0 Å². The van der Waals surface area contributed by atoms with E-state index in [1.54, 1.807) is 6.07 Å². The van der Waals surface area contributed by atoms with Crippen LogP contribution in [0.2, 0.25) is 0 Å². The second-order valence-electron chi connectivity index (χ2n) is 5.36. The van der Waals surface area contributed by atoms with Crippen molar-refractivity contribution in [2.45, 2.75) is 46.0 Å². The average Bonchev–Trinajstić information content (AvgIpc) is 2.46. The first-order chi connectivity index (χ1) is 9.74. The molecule has 2 aromatic rings. The monoisotopic (exact) mass is 270 g/mol. The molecular formula is C19H23F. The molecule has 0 unspecified atom stereocenters. The van der Waals surface area contributed by atoms with Gasteiger partial charge in [-0.05, 0) is 42.0 Å². The van der Waals surface area contributed by atoms with E-state index in [1.165, 1.54) is 18.4 Å².